The van der Waals surface area contributed by atoms with E-state index in [9.17, 15) is 4.79 Å². The first-order chi connectivity index (χ1) is 9.22. The summed E-state index contributed by atoms with van der Waals surface area (Å²) in [6.45, 7) is -0.100. The van der Waals surface area contributed by atoms with Gasteiger partial charge in [-0.15, -0.1) is 11.3 Å². The monoisotopic (exact) mass is 274 g/mol. The number of hydrogen-bond donors (Lipinski definition) is 2. The topological polar surface area (TPSA) is 62.2 Å². The summed E-state index contributed by atoms with van der Waals surface area (Å²) in [5.41, 5.74) is 4.89. The van der Waals surface area contributed by atoms with E-state index in [2.05, 4.69) is 28.5 Å². The molecular weight excluding hydrogens is 260 g/mol. The Morgan fingerprint density at radius 2 is 2.21 bits per heavy atom. The fraction of sp³-hybridized carbons (Fsp3) is 0.286. The highest BCUT2D eigenvalue weighted by Crippen LogP contribution is 2.29. The smallest absolute Gasteiger partial charge is 0.322 e. The van der Waals surface area contributed by atoms with Gasteiger partial charge in [0.1, 0.15) is 6.54 Å². The standard InChI is InChI=1S/C14H14N2O2S/c17-13(18)7-15-14-16-12(8-19-14)11-5-4-9-2-1-3-10(9)6-11/h4-6,8H,1-3,7H2,(H,15,16)(H,17,18). The highest BCUT2D eigenvalue weighted by atomic mass is 32.1. The van der Waals surface area contributed by atoms with E-state index in [1.54, 1.807) is 0 Å². The summed E-state index contributed by atoms with van der Waals surface area (Å²) < 4.78 is 0. The first-order valence-electron chi connectivity index (χ1n) is 6.26. The number of aromatic nitrogens is 1. The van der Waals surface area contributed by atoms with Gasteiger partial charge in [0.2, 0.25) is 0 Å². The number of nitrogens with zero attached hydrogens (tertiary/aromatic N) is 1. The number of aryl methyl sites for hydroxylation is 2. The largest absolute Gasteiger partial charge is 0.480 e. The Bertz CT molecular complexity index is 622. The van der Waals surface area contributed by atoms with E-state index in [4.69, 9.17) is 5.11 Å². The molecule has 1 aliphatic rings. The molecule has 0 radical (unpaired) electrons. The van der Waals surface area contributed by atoms with Crippen molar-refractivity contribution < 1.29 is 9.90 Å². The van der Waals surface area contributed by atoms with Crippen molar-refractivity contribution in [3.05, 3.63) is 34.7 Å². The van der Waals surface area contributed by atoms with Crippen LogP contribution < -0.4 is 5.32 Å². The Morgan fingerprint density at radius 3 is 3.05 bits per heavy atom. The van der Waals surface area contributed by atoms with Gasteiger partial charge < -0.3 is 10.4 Å². The zero-order chi connectivity index (χ0) is 13.2. The Kier molecular flexibility index (Phi) is 3.21. The summed E-state index contributed by atoms with van der Waals surface area (Å²) in [6.07, 6.45) is 3.57. The zero-order valence-electron chi connectivity index (χ0n) is 10.3. The summed E-state index contributed by atoms with van der Waals surface area (Å²) in [6, 6.07) is 6.49. The molecule has 0 bridgehead atoms. The van der Waals surface area contributed by atoms with Crippen LogP contribution in [0.5, 0.6) is 0 Å². The van der Waals surface area contributed by atoms with Crippen molar-refractivity contribution in [1.29, 1.82) is 0 Å². The molecule has 1 heterocycles. The van der Waals surface area contributed by atoms with Gasteiger partial charge in [-0.2, -0.15) is 0 Å². The van der Waals surface area contributed by atoms with E-state index in [1.165, 1.54) is 35.3 Å². The molecule has 1 aromatic carbocycles. The molecular formula is C14H14N2O2S. The normalized spacial score (nSPS) is 13.3. The number of rotatable bonds is 4. The Labute approximate surface area is 115 Å². The van der Waals surface area contributed by atoms with Gasteiger partial charge >= 0.3 is 5.97 Å². The fourth-order valence-electron chi connectivity index (χ4n) is 2.37. The van der Waals surface area contributed by atoms with E-state index in [0.29, 0.717) is 5.13 Å². The number of benzene rings is 1. The summed E-state index contributed by atoms with van der Waals surface area (Å²) in [7, 11) is 0. The summed E-state index contributed by atoms with van der Waals surface area (Å²) in [5.74, 6) is -0.880. The number of carboxylic acid groups (broad SMARTS) is 1. The maximum Gasteiger partial charge on any atom is 0.322 e. The van der Waals surface area contributed by atoms with Crippen LogP contribution in [0, 0.1) is 0 Å². The third kappa shape index (κ3) is 2.61. The van der Waals surface area contributed by atoms with Crippen LogP contribution in [0.3, 0.4) is 0 Å². The van der Waals surface area contributed by atoms with Gasteiger partial charge in [0.05, 0.1) is 5.69 Å². The van der Waals surface area contributed by atoms with E-state index >= 15 is 0 Å². The Balaban J connectivity index is 1.80. The lowest BCUT2D eigenvalue weighted by atomic mass is 10.1. The van der Waals surface area contributed by atoms with Gasteiger partial charge in [0, 0.05) is 10.9 Å². The van der Waals surface area contributed by atoms with Crippen LogP contribution in [0.15, 0.2) is 23.6 Å². The molecule has 1 aliphatic carbocycles. The van der Waals surface area contributed by atoms with Crippen molar-refractivity contribution in [3.8, 4) is 11.3 Å². The van der Waals surface area contributed by atoms with Crippen LogP contribution in [0.4, 0.5) is 5.13 Å². The van der Waals surface area contributed by atoms with Crippen molar-refractivity contribution in [2.45, 2.75) is 19.3 Å². The quantitative estimate of drug-likeness (QED) is 0.900. The van der Waals surface area contributed by atoms with Crippen molar-refractivity contribution >= 4 is 22.4 Å². The third-order valence-corrected chi connectivity index (χ3v) is 4.09. The first-order valence-corrected chi connectivity index (χ1v) is 7.14. The average Bonchev–Trinajstić information content (AvgIpc) is 3.04. The number of thiazole rings is 1. The van der Waals surface area contributed by atoms with Crippen LogP contribution in [0.2, 0.25) is 0 Å². The van der Waals surface area contributed by atoms with E-state index in [-0.39, 0.29) is 6.54 Å². The molecule has 1 aromatic heterocycles. The highest BCUT2D eigenvalue weighted by molar-refractivity contribution is 7.14. The minimum atomic E-state index is -0.880. The molecule has 0 fully saturated rings. The number of aliphatic carboxylic acids is 1. The Morgan fingerprint density at radius 1 is 1.37 bits per heavy atom. The van der Waals surface area contributed by atoms with Gasteiger partial charge in [-0.05, 0) is 36.5 Å². The average molecular weight is 274 g/mol. The lowest BCUT2D eigenvalue weighted by Crippen LogP contribution is -2.11. The molecule has 5 heteroatoms. The van der Waals surface area contributed by atoms with Gasteiger partial charge in [-0.1, -0.05) is 12.1 Å². The molecule has 0 unspecified atom stereocenters. The van der Waals surface area contributed by atoms with Crippen molar-refractivity contribution in [2.75, 3.05) is 11.9 Å². The molecule has 19 heavy (non-hydrogen) atoms. The predicted octanol–water partition coefficient (Wildman–Crippen LogP) is 2.80. The van der Waals surface area contributed by atoms with Gasteiger partial charge in [-0.25, -0.2) is 4.98 Å². The van der Waals surface area contributed by atoms with Crippen molar-refractivity contribution in [2.24, 2.45) is 0 Å². The summed E-state index contributed by atoms with van der Waals surface area (Å²) in [5, 5.41) is 14.0. The van der Waals surface area contributed by atoms with E-state index < -0.39 is 5.97 Å². The summed E-state index contributed by atoms with van der Waals surface area (Å²) >= 11 is 1.43. The van der Waals surface area contributed by atoms with Gasteiger partial charge in [0.15, 0.2) is 5.13 Å². The number of hydrogen-bond acceptors (Lipinski definition) is 4. The van der Waals surface area contributed by atoms with Crippen LogP contribution in [-0.2, 0) is 17.6 Å². The minimum Gasteiger partial charge on any atom is -0.480 e. The van der Waals surface area contributed by atoms with E-state index in [0.717, 1.165) is 17.7 Å². The predicted molar refractivity (Wildman–Crippen MR) is 75.7 cm³/mol. The first kappa shape index (κ1) is 12.2. The lowest BCUT2D eigenvalue weighted by Gasteiger charge is -2.02. The number of nitrogens with one attached hydrogen (secondary N) is 1. The van der Waals surface area contributed by atoms with Gasteiger partial charge in [-0.3, -0.25) is 4.79 Å². The molecule has 0 saturated carbocycles. The highest BCUT2D eigenvalue weighted by Gasteiger charge is 2.12. The van der Waals surface area contributed by atoms with Crippen LogP contribution in [0.25, 0.3) is 11.3 Å². The second kappa shape index (κ2) is 5.01. The lowest BCUT2D eigenvalue weighted by molar-refractivity contribution is -0.134. The van der Waals surface area contributed by atoms with Gasteiger partial charge in [0.25, 0.3) is 0 Å². The van der Waals surface area contributed by atoms with E-state index in [1.807, 2.05) is 5.38 Å². The molecule has 2 aromatic rings. The molecule has 0 atom stereocenters. The number of carboxylic acids is 1. The second-order valence-corrected chi connectivity index (χ2v) is 5.48. The molecule has 3 rings (SSSR count). The van der Waals surface area contributed by atoms with Crippen LogP contribution in [-0.4, -0.2) is 22.6 Å². The van der Waals surface area contributed by atoms with Crippen LogP contribution >= 0.6 is 11.3 Å². The molecule has 98 valence electrons. The molecule has 2 N–H and O–H groups in total. The van der Waals surface area contributed by atoms with Crippen LogP contribution in [0.1, 0.15) is 17.5 Å². The SMILES string of the molecule is O=C(O)CNc1nc(-c2ccc3c(c2)CCC3)cs1. The third-order valence-electron chi connectivity index (χ3n) is 3.29. The zero-order valence-corrected chi connectivity index (χ0v) is 11.2. The minimum absolute atomic E-state index is 0.100. The fourth-order valence-corrected chi connectivity index (χ4v) is 3.09. The molecule has 0 spiro atoms. The number of carbonyl (C=O) groups is 1. The summed E-state index contributed by atoms with van der Waals surface area (Å²) in [4.78, 5) is 14.9. The maximum atomic E-state index is 10.5. The molecule has 0 saturated heterocycles. The molecule has 0 aliphatic heterocycles. The van der Waals surface area contributed by atoms with Crippen molar-refractivity contribution in [3.63, 3.8) is 0 Å². The second-order valence-electron chi connectivity index (χ2n) is 4.62. The van der Waals surface area contributed by atoms with Crippen molar-refractivity contribution in [1.82, 2.24) is 4.98 Å². The molecule has 4 nitrogen and oxygen atoms in total. The number of anilines is 1. The molecule has 0 amide bonds. The number of fused-ring (bicyclic) bond motifs is 1. The maximum absolute atomic E-state index is 10.5. The Hall–Kier alpha value is -1.88.